The average molecular weight is 335 g/mol. The first-order valence-electron chi connectivity index (χ1n) is 8.29. The first kappa shape index (κ1) is 16.8. The summed E-state index contributed by atoms with van der Waals surface area (Å²) in [4.78, 5) is 23.1. The van der Waals surface area contributed by atoms with Gasteiger partial charge in [0.25, 0.3) is 0 Å². The lowest BCUT2D eigenvalue weighted by Crippen LogP contribution is -2.28. The molecule has 0 fully saturated rings. The van der Waals surface area contributed by atoms with Gasteiger partial charge in [0, 0.05) is 37.4 Å². The molecule has 128 valence electrons. The number of nitrogens with one attached hydrogen (secondary N) is 2. The summed E-state index contributed by atoms with van der Waals surface area (Å²) in [7, 11) is 0. The van der Waals surface area contributed by atoms with Crippen LogP contribution in [-0.4, -0.2) is 22.9 Å². The van der Waals surface area contributed by atoms with Crippen molar-refractivity contribution in [2.24, 2.45) is 0 Å². The van der Waals surface area contributed by atoms with Crippen LogP contribution in [0.3, 0.4) is 0 Å². The predicted molar refractivity (Wildman–Crippen MR) is 99.4 cm³/mol. The molecule has 0 bridgehead atoms. The Labute approximate surface area is 146 Å². The summed E-state index contributed by atoms with van der Waals surface area (Å²) >= 11 is 0. The van der Waals surface area contributed by atoms with Gasteiger partial charge in [0.1, 0.15) is 0 Å². The summed E-state index contributed by atoms with van der Waals surface area (Å²) in [5.41, 5.74) is 2.82. The molecule has 25 heavy (non-hydrogen) atoms. The van der Waals surface area contributed by atoms with Crippen molar-refractivity contribution in [3.8, 4) is 0 Å². The number of aromatic nitrogens is 1. The highest BCUT2D eigenvalue weighted by molar-refractivity contribution is 5.88. The van der Waals surface area contributed by atoms with Crippen LogP contribution < -0.4 is 10.6 Å². The van der Waals surface area contributed by atoms with Crippen molar-refractivity contribution in [2.75, 3.05) is 11.9 Å². The van der Waals surface area contributed by atoms with Gasteiger partial charge in [-0.2, -0.15) is 0 Å². The number of amides is 2. The standard InChI is InChI=1S/C20H21N3O2/c1-15(24)22-18-8-6-16(7-9-18)14-20(25)21-11-13-23-12-10-17-4-2-3-5-19(17)23/h2-10,12H,11,13-14H2,1H3,(H,21,25)(H,22,24). The summed E-state index contributed by atoms with van der Waals surface area (Å²) in [6.07, 6.45) is 2.37. The Morgan fingerprint density at radius 3 is 2.52 bits per heavy atom. The molecule has 5 nitrogen and oxygen atoms in total. The van der Waals surface area contributed by atoms with Gasteiger partial charge in [0.05, 0.1) is 6.42 Å². The van der Waals surface area contributed by atoms with Gasteiger partial charge in [-0.1, -0.05) is 30.3 Å². The third kappa shape index (κ3) is 4.47. The Hall–Kier alpha value is -3.08. The Morgan fingerprint density at radius 2 is 1.76 bits per heavy atom. The minimum atomic E-state index is -0.108. The van der Waals surface area contributed by atoms with Crippen molar-refractivity contribution in [2.45, 2.75) is 19.9 Å². The quantitative estimate of drug-likeness (QED) is 0.727. The van der Waals surface area contributed by atoms with E-state index in [0.29, 0.717) is 13.0 Å². The van der Waals surface area contributed by atoms with E-state index < -0.39 is 0 Å². The lowest BCUT2D eigenvalue weighted by molar-refractivity contribution is -0.120. The Balaban J connectivity index is 1.49. The normalized spacial score (nSPS) is 10.6. The molecule has 0 spiro atoms. The largest absolute Gasteiger partial charge is 0.354 e. The fraction of sp³-hybridized carbons (Fsp3) is 0.200. The van der Waals surface area contributed by atoms with Crippen LogP contribution >= 0.6 is 0 Å². The first-order chi connectivity index (χ1) is 12.1. The molecule has 2 amide bonds. The third-order valence-corrected chi connectivity index (χ3v) is 3.99. The minimum Gasteiger partial charge on any atom is -0.354 e. The number of carbonyl (C=O) groups excluding carboxylic acids is 2. The number of hydrogen-bond donors (Lipinski definition) is 2. The lowest BCUT2D eigenvalue weighted by Gasteiger charge is -2.08. The summed E-state index contributed by atoms with van der Waals surface area (Å²) in [6.45, 7) is 2.79. The van der Waals surface area contributed by atoms with Crippen molar-refractivity contribution in [3.05, 3.63) is 66.4 Å². The second-order valence-corrected chi connectivity index (χ2v) is 5.97. The van der Waals surface area contributed by atoms with Crippen molar-refractivity contribution in [3.63, 3.8) is 0 Å². The van der Waals surface area contributed by atoms with E-state index in [1.54, 1.807) is 12.1 Å². The van der Waals surface area contributed by atoms with Crippen LogP contribution in [0.2, 0.25) is 0 Å². The number of nitrogens with zero attached hydrogens (tertiary/aromatic N) is 1. The van der Waals surface area contributed by atoms with E-state index in [-0.39, 0.29) is 11.8 Å². The molecule has 0 aliphatic carbocycles. The van der Waals surface area contributed by atoms with Gasteiger partial charge in [-0.3, -0.25) is 9.59 Å². The summed E-state index contributed by atoms with van der Waals surface area (Å²) in [5, 5.41) is 6.86. The van der Waals surface area contributed by atoms with Crippen molar-refractivity contribution >= 4 is 28.4 Å². The molecule has 0 aliphatic heterocycles. The van der Waals surface area contributed by atoms with Gasteiger partial charge in [0.2, 0.25) is 11.8 Å². The van der Waals surface area contributed by atoms with Gasteiger partial charge in [-0.15, -0.1) is 0 Å². The zero-order valence-corrected chi connectivity index (χ0v) is 14.2. The maximum absolute atomic E-state index is 12.1. The maximum Gasteiger partial charge on any atom is 0.224 e. The van der Waals surface area contributed by atoms with Gasteiger partial charge < -0.3 is 15.2 Å². The Kier molecular flexibility index (Phi) is 5.14. The lowest BCUT2D eigenvalue weighted by atomic mass is 10.1. The van der Waals surface area contributed by atoms with Crippen LogP contribution in [-0.2, 0) is 22.6 Å². The Morgan fingerprint density at radius 1 is 1.00 bits per heavy atom. The van der Waals surface area contributed by atoms with E-state index in [4.69, 9.17) is 0 Å². The topological polar surface area (TPSA) is 63.1 Å². The van der Waals surface area contributed by atoms with Crippen LogP contribution in [0.15, 0.2) is 60.8 Å². The van der Waals surface area contributed by atoms with Crippen LogP contribution in [0.5, 0.6) is 0 Å². The monoisotopic (exact) mass is 335 g/mol. The molecule has 2 aromatic carbocycles. The Bertz CT molecular complexity index is 881. The zero-order chi connectivity index (χ0) is 17.6. The van der Waals surface area contributed by atoms with E-state index >= 15 is 0 Å². The number of hydrogen-bond acceptors (Lipinski definition) is 2. The molecule has 5 heteroatoms. The third-order valence-electron chi connectivity index (χ3n) is 3.99. The van der Waals surface area contributed by atoms with Crippen molar-refractivity contribution in [1.82, 2.24) is 9.88 Å². The molecule has 1 aromatic heterocycles. The predicted octanol–water partition coefficient (Wildman–Crippen LogP) is 2.96. The number of carbonyl (C=O) groups is 2. The smallest absolute Gasteiger partial charge is 0.224 e. The first-order valence-corrected chi connectivity index (χ1v) is 8.29. The van der Waals surface area contributed by atoms with Gasteiger partial charge in [-0.05, 0) is 35.2 Å². The molecular formula is C20H21N3O2. The molecule has 3 aromatic rings. The molecule has 0 saturated carbocycles. The molecule has 2 N–H and O–H groups in total. The van der Waals surface area contributed by atoms with Gasteiger partial charge in [-0.25, -0.2) is 0 Å². The van der Waals surface area contributed by atoms with Crippen LogP contribution in [0, 0.1) is 0 Å². The molecule has 0 unspecified atom stereocenters. The molecule has 0 atom stereocenters. The van der Waals surface area contributed by atoms with E-state index in [9.17, 15) is 9.59 Å². The molecule has 0 aliphatic rings. The summed E-state index contributed by atoms with van der Waals surface area (Å²) in [6, 6.07) is 17.6. The molecular weight excluding hydrogens is 314 g/mol. The summed E-state index contributed by atoms with van der Waals surface area (Å²) < 4.78 is 2.14. The SMILES string of the molecule is CC(=O)Nc1ccc(CC(=O)NCCn2ccc3ccccc32)cc1. The number of rotatable bonds is 6. The van der Waals surface area contributed by atoms with Crippen LogP contribution in [0.4, 0.5) is 5.69 Å². The number of benzene rings is 2. The van der Waals surface area contributed by atoms with Crippen LogP contribution in [0.25, 0.3) is 10.9 Å². The molecule has 0 saturated heterocycles. The van der Waals surface area contributed by atoms with Crippen molar-refractivity contribution in [1.29, 1.82) is 0 Å². The van der Waals surface area contributed by atoms with E-state index in [1.165, 1.54) is 17.8 Å². The highest BCUT2D eigenvalue weighted by Crippen LogP contribution is 2.14. The number of fused-ring (bicyclic) bond motifs is 1. The van der Waals surface area contributed by atoms with E-state index in [1.807, 2.05) is 30.5 Å². The molecule has 1 heterocycles. The zero-order valence-electron chi connectivity index (χ0n) is 14.2. The average Bonchev–Trinajstić information content (AvgIpc) is 3.00. The second-order valence-electron chi connectivity index (χ2n) is 5.97. The maximum atomic E-state index is 12.1. The fourth-order valence-electron chi connectivity index (χ4n) is 2.81. The van der Waals surface area contributed by atoms with E-state index in [0.717, 1.165) is 17.8 Å². The fourth-order valence-corrected chi connectivity index (χ4v) is 2.81. The highest BCUT2D eigenvalue weighted by atomic mass is 16.2. The summed E-state index contributed by atoms with van der Waals surface area (Å²) in [5.74, 6) is -0.119. The van der Waals surface area contributed by atoms with Crippen LogP contribution in [0.1, 0.15) is 12.5 Å². The molecule has 0 radical (unpaired) electrons. The van der Waals surface area contributed by atoms with Gasteiger partial charge >= 0.3 is 0 Å². The van der Waals surface area contributed by atoms with E-state index in [2.05, 4.69) is 33.4 Å². The highest BCUT2D eigenvalue weighted by Gasteiger charge is 2.05. The number of anilines is 1. The number of para-hydroxylation sites is 1. The van der Waals surface area contributed by atoms with Gasteiger partial charge in [0.15, 0.2) is 0 Å². The molecule has 3 rings (SSSR count). The second kappa shape index (κ2) is 7.66. The van der Waals surface area contributed by atoms with Crippen molar-refractivity contribution < 1.29 is 9.59 Å². The minimum absolute atomic E-state index is 0.0104.